The Morgan fingerprint density at radius 3 is 2.61 bits per heavy atom. The van der Waals surface area contributed by atoms with Crippen LogP contribution in [0.5, 0.6) is 0 Å². The van der Waals surface area contributed by atoms with Crippen LogP contribution in [0, 0.1) is 13.8 Å². The van der Waals surface area contributed by atoms with Crippen molar-refractivity contribution in [2.24, 2.45) is 5.73 Å². The van der Waals surface area contributed by atoms with Crippen LogP contribution in [0.2, 0.25) is 0 Å². The van der Waals surface area contributed by atoms with Crippen molar-refractivity contribution in [1.82, 2.24) is 0 Å². The summed E-state index contributed by atoms with van der Waals surface area (Å²) in [5, 5.41) is 0. The van der Waals surface area contributed by atoms with Crippen LogP contribution < -0.4 is 10.6 Å². The summed E-state index contributed by atoms with van der Waals surface area (Å²) < 4.78 is 0. The predicted molar refractivity (Wildman–Crippen MR) is 70.8 cm³/mol. The highest BCUT2D eigenvalue weighted by atomic mass is 16.2. The van der Waals surface area contributed by atoms with E-state index in [4.69, 9.17) is 5.73 Å². The largest absolute Gasteiger partial charge is 0.327 e. The van der Waals surface area contributed by atoms with Gasteiger partial charge in [0.1, 0.15) is 0 Å². The molecule has 1 aromatic rings. The molecule has 0 aliphatic carbocycles. The number of carbonyl (C=O) groups excluding carboxylic acids is 2. The van der Waals surface area contributed by atoms with Crippen LogP contribution >= 0.6 is 0 Å². The first-order chi connectivity index (χ1) is 8.45. The summed E-state index contributed by atoms with van der Waals surface area (Å²) in [7, 11) is 0. The number of rotatable bonds is 3. The highest BCUT2D eigenvalue weighted by Crippen LogP contribution is 2.32. The fraction of sp³-hybridized carbons (Fsp3) is 0.286. The maximum absolute atomic E-state index is 12.0. The summed E-state index contributed by atoms with van der Waals surface area (Å²) >= 11 is 0. The van der Waals surface area contributed by atoms with Crippen LogP contribution in [0.4, 0.5) is 5.69 Å². The van der Waals surface area contributed by atoms with E-state index in [1.54, 1.807) is 0 Å². The minimum absolute atomic E-state index is 0.303. The van der Waals surface area contributed by atoms with Gasteiger partial charge >= 0.3 is 0 Å². The van der Waals surface area contributed by atoms with Gasteiger partial charge in [0, 0.05) is 13.1 Å². The predicted octanol–water partition coefficient (Wildman–Crippen LogP) is 1.35. The zero-order valence-electron chi connectivity index (χ0n) is 10.6. The second-order valence-electron chi connectivity index (χ2n) is 4.65. The molecule has 2 rings (SSSR count). The number of hydrogen-bond acceptors (Lipinski definition) is 3. The number of carbonyl (C=O) groups is 2. The Morgan fingerprint density at radius 2 is 2.00 bits per heavy atom. The smallest absolute Gasteiger partial charge is 0.299 e. The minimum atomic E-state index is -0.492. The Morgan fingerprint density at radius 1 is 1.33 bits per heavy atom. The molecule has 0 aromatic heterocycles. The molecule has 1 amide bonds. The van der Waals surface area contributed by atoms with Gasteiger partial charge in [0.05, 0.1) is 11.3 Å². The summed E-state index contributed by atoms with van der Waals surface area (Å²) in [4.78, 5) is 25.4. The Bertz CT molecular complexity index is 561. The lowest BCUT2D eigenvalue weighted by Gasteiger charge is -2.18. The van der Waals surface area contributed by atoms with Crippen molar-refractivity contribution in [3.05, 3.63) is 41.0 Å². The molecule has 0 fully saturated rings. The lowest BCUT2D eigenvalue weighted by atomic mass is 10.0. The van der Waals surface area contributed by atoms with E-state index in [2.05, 4.69) is 6.58 Å². The number of nitrogens with zero attached hydrogens (tertiary/aromatic N) is 1. The Labute approximate surface area is 106 Å². The van der Waals surface area contributed by atoms with Gasteiger partial charge in [-0.15, -0.1) is 0 Å². The van der Waals surface area contributed by atoms with Gasteiger partial charge in [-0.05, 0) is 36.6 Å². The van der Waals surface area contributed by atoms with Crippen LogP contribution in [-0.4, -0.2) is 24.8 Å². The number of benzene rings is 1. The Balaban J connectivity index is 2.51. The van der Waals surface area contributed by atoms with E-state index in [1.807, 2.05) is 26.0 Å². The van der Waals surface area contributed by atoms with Gasteiger partial charge in [-0.3, -0.25) is 9.59 Å². The van der Waals surface area contributed by atoms with E-state index < -0.39 is 11.7 Å². The van der Waals surface area contributed by atoms with Crippen molar-refractivity contribution in [2.75, 3.05) is 18.0 Å². The Hall–Kier alpha value is -1.94. The molecule has 1 aliphatic rings. The monoisotopic (exact) mass is 244 g/mol. The fourth-order valence-corrected chi connectivity index (χ4v) is 2.24. The molecule has 0 radical (unpaired) electrons. The number of fused-ring (bicyclic) bond motifs is 1. The van der Waals surface area contributed by atoms with Crippen LogP contribution in [0.25, 0.3) is 0 Å². The van der Waals surface area contributed by atoms with Crippen molar-refractivity contribution in [2.45, 2.75) is 13.8 Å². The molecule has 1 aliphatic heterocycles. The lowest BCUT2D eigenvalue weighted by Crippen LogP contribution is -2.32. The molecule has 1 aromatic carbocycles. The third-order valence-electron chi connectivity index (χ3n) is 3.09. The molecule has 0 bridgehead atoms. The summed E-state index contributed by atoms with van der Waals surface area (Å²) in [5.41, 5.74) is 9.26. The highest BCUT2D eigenvalue weighted by Gasteiger charge is 2.37. The van der Waals surface area contributed by atoms with Crippen molar-refractivity contribution in [1.29, 1.82) is 0 Å². The van der Waals surface area contributed by atoms with Crippen LogP contribution in [0.1, 0.15) is 21.5 Å². The van der Waals surface area contributed by atoms with Crippen molar-refractivity contribution < 1.29 is 9.59 Å². The van der Waals surface area contributed by atoms with Gasteiger partial charge < -0.3 is 10.6 Å². The first-order valence-electron chi connectivity index (χ1n) is 5.80. The topological polar surface area (TPSA) is 63.4 Å². The van der Waals surface area contributed by atoms with Crippen molar-refractivity contribution >= 4 is 17.4 Å². The third kappa shape index (κ3) is 1.84. The van der Waals surface area contributed by atoms with Crippen LogP contribution in [-0.2, 0) is 4.79 Å². The van der Waals surface area contributed by atoms with E-state index in [1.165, 1.54) is 4.90 Å². The second kappa shape index (κ2) is 4.38. The zero-order valence-corrected chi connectivity index (χ0v) is 10.6. The third-order valence-corrected chi connectivity index (χ3v) is 3.09. The number of Topliss-reactive ketones (excluding diaryl/α,β-unsaturated/α-hetero) is 1. The van der Waals surface area contributed by atoms with E-state index in [0.717, 1.165) is 16.7 Å². The molecule has 94 valence electrons. The summed E-state index contributed by atoms with van der Waals surface area (Å²) in [6.45, 7) is 8.18. The molecule has 0 atom stereocenters. The molecule has 18 heavy (non-hydrogen) atoms. The number of nitrogens with two attached hydrogens (primary N) is 1. The molecule has 0 saturated carbocycles. The summed E-state index contributed by atoms with van der Waals surface area (Å²) in [6, 6.07) is 3.76. The highest BCUT2D eigenvalue weighted by molar-refractivity contribution is 6.52. The SMILES string of the molecule is C=C(CN)CN1C(=O)C(=O)c2c(C)cc(C)cc21. The van der Waals surface area contributed by atoms with Gasteiger partial charge in [0.15, 0.2) is 0 Å². The summed E-state index contributed by atoms with van der Waals surface area (Å²) in [6.07, 6.45) is 0. The Kier molecular flexibility index (Phi) is 3.05. The number of aryl methyl sites for hydroxylation is 2. The quantitative estimate of drug-likeness (QED) is 0.644. The van der Waals surface area contributed by atoms with Crippen LogP contribution in [0.15, 0.2) is 24.3 Å². The fourth-order valence-electron chi connectivity index (χ4n) is 2.24. The number of hydrogen-bond donors (Lipinski definition) is 1. The second-order valence-corrected chi connectivity index (χ2v) is 4.65. The van der Waals surface area contributed by atoms with E-state index in [0.29, 0.717) is 24.3 Å². The zero-order chi connectivity index (χ0) is 13.4. The molecule has 2 N–H and O–H groups in total. The standard InChI is InChI=1S/C14H16N2O2/c1-8-4-10(3)12-11(5-8)16(7-9(2)6-15)14(18)13(12)17/h4-5H,2,6-7,15H2,1,3H3. The average molecular weight is 244 g/mol. The van der Waals surface area contributed by atoms with Crippen molar-refractivity contribution in [3.8, 4) is 0 Å². The van der Waals surface area contributed by atoms with Gasteiger partial charge in [0.25, 0.3) is 11.7 Å². The molecule has 4 nitrogen and oxygen atoms in total. The minimum Gasteiger partial charge on any atom is -0.327 e. The van der Waals surface area contributed by atoms with Gasteiger partial charge in [-0.25, -0.2) is 0 Å². The molecule has 0 spiro atoms. The number of anilines is 1. The maximum Gasteiger partial charge on any atom is 0.299 e. The van der Waals surface area contributed by atoms with E-state index >= 15 is 0 Å². The first-order valence-corrected chi connectivity index (χ1v) is 5.80. The lowest BCUT2D eigenvalue weighted by molar-refractivity contribution is -0.114. The van der Waals surface area contributed by atoms with Crippen LogP contribution in [0.3, 0.4) is 0 Å². The van der Waals surface area contributed by atoms with Gasteiger partial charge in [-0.2, -0.15) is 0 Å². The van der Waals surface area contributed by atoms with Gasteiger partial charge in [-0.1, -0.05) is 12.6 Å². The van der Waals surface area contributed by atoms with E-state index in [9.17, 15) is 9.59 Å². The average Bonchev–Trinajstić information content (AvgIpc) is 2.54. The van der Waals surface area contributed by atoms with Gasteiger partial charge in [0.2, 0.25) is 0 Å². The first kappa shape index (κ1) is 12.5. The summed E-state index contributed by atoms with van der Waals surface area (Å²) in [5.74, 6) is -0.930. The molecular formula is C14H16N2O2. The van der Waals surface area contributed by atoms with E-state index in [-0.39, 0.29) is 0 Å². The molecular weight excluding hydrogens is 228 g/mol. The number of ketones is 1. The number of amides is 1. The maximum atomic E-state index is 12.0. The normalized spacial score (nSPS) is 14.1. The molecule has 0 saturated heterocycles. The van der Waals surface area contributed by atoms with Crippen molar-refractivity contribution in [3.63, 3.8) is 0 Å². The molecule has 0 unspecified atom stereocenters. The molecule has 1 heterocycles. The molecule has 4 heteroatoms.